The van der Waals surface area contributed by atoms with E-state index in [9.17, 15) is 22.9 Å². The van der Waals surface area contributed by atoms with Gasteiger partial charge in [0.15, 0.2) is 5.82 Å². The molecule has 11 rings (SSSR count). The number of thiophene rings is 1. The number of carbonyl (C=O) groups is 1. The van der Waals surface area contributed by atoms with Crippen molar-refractivity contribution in [3.05, 3.63) is 256 Å². The highest BCUT2D eigenvalue weighted by molar-refractivity contribution is 7.86. The number of nitriles is 1. The lowest BCUT2D eigenvalue weighted by Crippen LogP contribution is -2.43. The molecule has 0 radical (unpaired) electrons. The fourth-order valence-electron chi connectivity index (χ4n) is 11.2. The van der Waals surface area contributed by atoms with Crippen LogP contribution < -0.4 is 28.1 Å². The second-order valence-corrected chi connectivity index (χ2v) is 33.1. The predicted molar refractivity (Wildman–Crippen MR) is 391 cm³/mol. The van der Waals surface area contributed by atoms with Gasteiger partial charge in [-0.2, -0.15) is 13.7 Å². The van der Waals surface area contributed by atoms with Gasteiger partial charge < -0.3 is 37.6 Å². The lowest BCUT2D eigenvalue weighted by atomic mass is 9.80. The summed E-state index contributed by atoms with van der Waals surface area (Å²) in [6.07, 6.45) is 0.314. The number of ether oxygens (including phenoxy) is 7. The Morgan fingerprint density at radius 3 is 2.02 bits per heavy atom. The van der Waals surface area contributed by atoms with Crippen LogP contribution in [-0.2, 0) is 47.2 Å². The highest BCUT2D eigenvalue weighted by atomic mass is 35.5. The second kappa shape index (κ2) is 31.2. The molecule has 0 aliphatic rings. The van der Waals surface area contributed by atoms with Gasteiger partial charge in [-0.3, -0.25) is 4.18 Å². The number of benzene rings is 8. The first kappa shape index (κ1) is 72.2. The van der Waals surface area contributed by atoms with Gasteiger partial charge in [-0.25, -0.2) is 29.1 Å². The van der Waals surface area contributed by atoms with Crippen LogP contribution in [-0.4, -0.2) is 88.9 Å². The molecule has 0 saturated heterocycles. The largest absolute Gasteiger partial charge is 0.543 e. The van der Waals surface area contributed by atoms with Crippen molar-refractivity contribution in [1.29, 1.82) is 5.26 Å². The molecule has 22 heteroatoms. The van der Waals surface area contributed by atoms with Crippen molar-refractivity contribution in [1.82, 2.24) is 19.9 Å². The Balaban J connectivity index is 0.991. The summed E-state index contributed by atoms with van der Waals surface area (Å²) < 4.78 is 101. The summed E-state index contributed by atoms with van der Waals surface area (Å²) in [5.74, 6) is 1.57. The predicted octanol–water partition coefficient (Wildman–Crippen LogP) is 17.5. The molecule has 0 aliphatic carbocycles. The molecular formula is C79H75ClFN5O12S2Si. The lowest BCUT2D eigenvalue weighted by Gasteiger charge is -2.37. The summed E-state index contributed by atoms with van der Waals surface area (Å²) in [5, 5.41) is 10.3. The first-order chi connectivity index (χ1) is 48.5. The van der Waals surface area contributed by atoms with Gasteiger partial charge in [0.2, 0.25) is 20.3 Å². The van der Waals surface area contributed by atoms with Crippen molar-refractivity contribution in [3.63, 3.8) is 0 Å². The van der Waals surface area contributed by atoms with Crippen molar-refractivity contribution in [3.8, 4) is 73.7 Å². The van der Waals surface area contributed by atoms with Gasteiger partial charge in [0.05, 0.1) is 60.1 Å². The number of hydrogen-bond donors (Lipinski definition) is 0. The van der Waals surface area contributed by atoms with Crippen LogP contribution in [0, 0.1) is 31.0 Å². The third kappa shape index (κ3) is 16.2. The van der Waals surface area contributed by atoms with E-state index in [1.165, 1.54) is 41.9 Å². The zero-order valence-corrected chi connectivity index (χ0v) is 60.8. The molecule has 0 fully saturated rings. The summed E-state index contributed by atoms with van der Waals surface area (Å²) in [7, 11) is -3.63. The smallest absolute Gasteiger partial charge is 0.347 e. The van der Waals surface area contributed by atoms with Gasteiger partial charge in [-0.1, -0.05) is 135 Å². The molecule has 17 nitrogen and oxygen atoms in total. The summed E-state index contributed by atoms with van der Waals surface area (Å²) in [6, 6.07) is 56.9. The van der Waals surface area contributed by atoms with Crippen LogP contribution in [0.1, 0.15) is 72.3 Å². The molecule has 101 heavy (non-hydrogen) atoms. The van der Waals surface area contributed by atoms with E-state index in [0.717, 1.165) is 11.1 Å². The Bertz CT molecular complexity index is 4860. The number of hydrogen-bond acceptors (Lipinski definition) is 18. The highest BCUT2D eigenvalue weighted by Crippen LogP contribution is 2.51. The van der Waals surface area contributed by atoms with Gasteiger partial charge in [0.25, 0.3) is 10.1 Å². The molecule has 0 unspecified atom stereocenters. The monoisotopic (exact) mass is 1430 g/mol. The molecule has 0 aliphatic heterocycles. The Hall–Kier alpha value is -10.1. The summed E-state index contributed by atoms with van der Waals surface area (Å²) >= 11 is 8.90. The first-order valence-electron chi connectivity index (χ1n) is 32.6. The normalized spacial score (nSPS) is 12.5. The van der Waals surface area contributed by atoms with Crippen LogP contribution in [0.25, 0.3) is 43.2 Å². The number of nitrogens with zero attached hydrogens (tertiary/aromatic N) is 5. The van der Waals surface area contributed by atoms with E-state index in [-0.39, 0.29) is 52.8 Å². The molecule has 2 atom stereocenters. The van der Waals surface area contributed by atoms with E-state index >= 15 is 0 Å². The average Bonchev–Trinajstić information content (AvgIpc) is 1.71. The fourth-order valence-corrected chi connectivity index (χ4v) is 14.6. The summed E-state index contributed by atoms with van der Waals surface area (Å²) in [6.45, 7) is 15.3. The molecule has 0 bridgehead atoms. The summed E-state index contributed by atoms with van der Waals surface area (Å²) in [4.78, 5) is 34.4. The molecule has 0 saturated carbocycles. The Morgan fingerprint density at radius 2 is 1.37 bits per heavy atom. The molecule has 0 spiro atoms. The zero-order chi connectivity index (χ0) is 71.6. The SMILES string of the molecule is CCOC(=O)[C@@H](Cc1cc(O[Si](C)(C)C(C)(C)C)ccc1OCc1ccnc(-c2ccccc2C#N)n1)Oc1ncnc2sc(-c3ccc(F)cc3)c(-c3ccc(O[C@H](COC(c4ccccc4)(c4ccc(OC)cc4)c4ccc(OC)cc4)COS(=O)(=O)c4ccc(C)cc4)c(Cl)c3C)c12. The number of esters is 1. The maximum atomic E-state index is 14.9. The molecule has 518 valence electrons. The number of aryl methyl sites for hydroxylation is 1. The highest BCUT2D eigenvalue weighted by Gasteiger charge is 2.41. The van der Waals surface area contributed by atoms with Crippen LogP contribution in [0.5, 0.6) is 34.6 Å². The Kier molecular flexibility index (Phi) is 22.3. The van der Waals surface area contributed by atoms with E-state index in [0.29, 0.717) is 99.7 Å². The fraction of sp³-hybridized carbons (Fsp3) is 0.241. The van der Waals surface area contributed by atoms with Gasteiger partial charge in [-0.15, -0.1) is 11.3 Å². The van der Waals surface area contributed by atoms with E-state index in [1.54, 1.807) is 101 Å². The first-order valence-corrected chi connectivity index (χ1v) is 38.1. The molecule has 11 aromatic rings. The van der Waals surface area contributed by atoms with Crippen molar-refractivity contribution >= 4 is 57.6 Å². The number of fused-ring (bicyclic) bond motifs is 1. The zero-order valence-electron chi connectivity index (χ0n) is 57.5. The van der Waals surface area contributed by atoms with Gasteiger partial charge >= 0.3 is 5.97 Å². The van der Waals surface area contributed by atoms with Crippen LogP contribution in [0.4, 0.5) is 4.39 Å². The summed E-state index contributed by atoms with van der Waals surface area (Å²) in [5.41, 5.74) is 5.94. The topological polar surface area (TPSA) is 210 Å². The molecule has 3 aromatic heterocycles. The maximum Gasteiger partial charge on any atom is 0.347 e. The van der Waals surface area contributed by atoms with Crippen molar-refractivity contribution < 1.29 is 59.4 Å². The van der Waals surface area contributed by atoms with E-state index in [2.05, 4.69) is 44.9 Å². The third-order valence-corrected chi connectivity index (χ3v) is 24.9. The molecule has 0 N–H and O–H groups in total. The van der Waals surface area contributed by atoms with Gasteiger partial charge in [0, 0.05) is 34.2 Å². The standard InChI is InChI=1S/C79H75ClFN5O12S2Si/c1-11-92-77(87)69(44-54-43-62(98-101(9,10)78(4,5)6)35-39-67(54)93-46-59-41-42-83-74(86-59)66-20-16-15-17-53(66)45-82)97-75-71-70(73(99-76(71)85-49-84-75)52-23-29-58(81)30-24-52)65-38-40-68(72(80)51(65)3)96-63(48-95-100(88,89)64-36-21-50(2)22-37-64)47-94-79(55-18-13-12-14-19-55,56-25-31-60(90-7)32-26-56)57-27-33-61(91-8)34-28-57/h12-43,49,63,69H,11,44,46-48H2,1-10H3/t63-,69-/m1/s1. The van der Waals surface area contributed by atoms with Crippen LogP contribution in [0.15, 0.2) is 205 Å². The van der Waals surface area contributed by atoms with Gasteiger partial charge in [-0.05, 0) is 163 Å². The van der Waals surface area contributed by atoms with Crippen LogP contribution in [0.2, 0.25) is 23.2 Å². The van der Waals surface area contributed by atoms with E-state index in [1.807, 2.05) is 104 Å². The van der Waals surface area contributed by atoms with Crippen molar-refractivity contribution in [2.24, 2.45) is 0 Å². The average molecular weight is 1430 g/mol. The third-order valence-electron chi connectivity index (χ3n) is 17.6. The molecule has 8 aromatic carbocycles. The molecular weight excluding hydrogens is 1360 g/mol. The Labute approximate surface area is 597 Å². The number of halogens is 2. The molecule has 3 heterocycles. The minimum atomic E-state index is -4.37. The lowest BCUT2D eigenvalue weighted by molar-refractivity contribution is -0.151. The van der Waals surface area contributed by atoms with Crippen LogP contribution >= 0.6 is 22.9 Å². The number of rotatable bonds is 28. The second-order valence-electron chi connectivity index (χ2n) is 25.3. The number of methoxy groups -OCH3 is 2. The minimum Gasteiger partial charge on any atom is -0.543 e. The van der Waals surface area contributed by atoms with Crippen molar-refractivity contribution in [2.45, 2.75) is 95.4 Å². The maximum absolute atomic E-state index is 14.9. The number of aromatic nitrogens is 4. The number of carbonyl (C=O) groups excluding carboxylic acids is 1. The van der Waals surface area contributed by atoms with E-state index < -0.39 is 54.6 Å². The van der Waals surface area contributed by atoms with E-state index in [4.69, 9.17) is 68.3 Å². The van der Waals surface area contributed by atoms with Gasteiger partial charge in [0.1, 0.15) is 70.6 Å². The Morgan fingerprint density at radius 1 is 0.723 bits per heavy atom. The molecule has 0 amide bonds. The van der Waals surface area contributed by atoms with Crippen LogP contribution in [0.3, 0.4) is 0 Å². The minimum absolute atomic E-state index is 0.0183. The van der Waals surface area contributed by atoms with Crippen molar-refractivity contribution in [2.75, 3.05) is 34.0 Å². The quantitative estimate of drug-likeness (QED) is 0.0193.